The van der Waals surface area contributed by atoms with Gasteiger partial charge in [-0.15, -0.1) is 16.9 Å². The van der Waals surface area contributed by atoms with Crippen LogP contribution in [0.4, 0.5) is 22.0 Å². The van der Waals surface area contributed by atoms with Crippen molar-refractivity contribution in [2.24, 2.45) is 0 Å². The molecule has 9 nitrogen and oxygen atoms in total. The summed E-state index contributed by atoms with van der Waals surface area (Å²) in [6, 6.07) is 3.51. The molecule has 3 N–H and O–H groups in total. The van der Waals surface area contributed by atoms with Crippen molar-refractivity contribution in [2.45, 2.75) is 72.2 Å². The lowest BCUT2D eigenvalue weighted by molar-refractivity contribution is -0.186. The van der Waals surface area contributed by atoms with Gasteiger partial charge in [-0.3, -0.25) is 4.98 Å². The predicted molar refractivity (Wildman–Crippen MR) is 145 cm³/mol. The molecule has 0 unspecified atom stereocenters. The van der Waals surface area contributed by atoms with Crippen molar-refractivity contribution in [1.29, 1.82) is 0 Å². The van der Waals surface area contributed by atoms with E-state index in [1.165, 1.54) is 24.2 Å². The minimum absolute atomic E-state index is 0.0494. The number of methoxy groups -OCH3 is 1. The first-order valence-corrected chi connectivity index (χ1v) is 14.6. The second kappa shape index (κ2) is 12.5. The molecule has 0 radical (unpaired) electrons. The summed E-state index contributed by atoms with van der Waals surface area (Å²) in [5, 5.41) is 40.0. The van der Waals surface area contributed by atoms with Gasteiger partial charge in [-0.25, -0.2) is 26.6 Å². The van der Waals surface area contributed by atoms with Crippen LogP contribution >= 0.6 is 23.4 Å². The number of ether oxygens (including phenoxy) is 2. The van der Waals surface area contributed by atoms with Crippen molar-refractivity contribution >= 4 is 23.4 Å². The van der Waals surface area contributed by atoms with Gasteiger partial charge in [-0.1, -0.05) is 16.8 Å². The number of hydrogen-bond donors (Lipinski definition) is 3. The topological polar surface area (TPSA) is 123 Å². The van der Waals surface area contributed by atoms with Crippen molar-refractivity contribution in [2.75, 3.05) is 13.7 Å². The number of hydrogen-bond acceptors (Lipinski definition) is 9. The maximum absolute atomic E-state index is 14.1. The Hall–Kier alpha value is -2.40. The second-order valence-corrected chi connectivity index (χ2v) is 12.2. The van der Waals surface area contributed by atoms with Gasteiger partial charge in [0.05, 0.1) is 34.4 Å². The molecule has 0 bridgehead atoms. The fraction of sp³-hybridized carbons (Fsp3) is 0.519. The van der Waals surface area contributed by atoms with Crippen LogP contribution in [0.15, 0.2) is 36.7 Å². The van der Waals surface area contributed by atoms with Crippen molar-refractivity contribution in [1.82, 2.24) is 20.0 Å². The van der Waals surface area contributed by atoms with Crippen LogP contribution in [0.5, 0.6) is 0 Å². The van der Waals surface area contributed by atoms with Crippen LogP contribution in [-0.2, 0) is 9.47 Å². The van der Waals surface area contributed by atoms with E-state index in [4.69, 9.17) is 21.1 Å². The van der Waals surface area contributed by atoms with Crippen LogP contribution in [0.1, 0.15) is 42.7 Å². The maximum Gasteiger partial charge on any atom is 0.248 e. The average molecular weight is 651 g/mol. The Labute approximate surface area is 252 Å². The van der Waals surface area contributed by atoms with Crippen molar-refractivity contribution in [3.63, 3.8) is 0 Å². The van der Waals surface area contributed by atoms with Crippen molar-refractivity contribution < 1.29 is 46.7 Å². The van der Waals surface area contributed by atoms with Crippen LogP contribution in [0.25, 0.3) is 11.3 Å². The molecule has 1 aliphatic heterocycles. The molecule has 5 rings (SSSR count). The van der Waals surface area contributed by atoms with E-state index >= 15 is 0 Å². The highest BCUT2D eigenvalue weighted by Crippen LogP contribution is 2.53. The molecule has 3 aromatic rings. The number of rotatable bonds is 8. The van der Waals surface area contributed by atoms with Crippen LogP contribution in [-0.4, -0.2) is 84.3 Å². The number of thioether (sulfide) groups is 1. The van der Waals surface area contributed by atoms with E-state index in [9.17, 15) is 37.3 Å². The Bertz CT molecular complexity index is 1420. The molecule has 234 valence electrons. The van der Waals surface area contributed by atoms with Gasteiger partial charge in [-0.2, -0.15) is 0 Å². The number of halogens is 6. The summed E-state index contributed by atoms with van der Waals surface area (Å²) in [5.74, 6) is -7.45. The largest absolute Gasteiger partial charge is 0.394 e. The van der Waals surface area contributed by atoms with Crippen molar-refractivity contribution in [3.05, 3.63) is 64.8 Å². The molecule has 2 fully saturated rings. The number of alkyl halides is 2. The highest BCUT2D eigenvalue weighted by molar-refractivity contribution is 8.00. The van der Waals surface area contributed by atoms with Gasteiger partial charge in [-0.05, 0) is 37.1 Å². The Morgan fingerprint density at radius 1 is 1.19 bits per heavy atom. The molecule has 43 heavy (non-hydrogen) atoms. The Balaban J connectivity index is 1.50. The van der Waals surface area contributed by atoms with E-state index in [1.54, 1.807) is 12.1 Å². The van der Waals surface area contributed by atoms with Gasteiger partial charge in [0.25, 0.3) is 0 Å². The standard InChI is InChI=1S/C27H28ClF5N4O5S/c1-41-23-21(37-11-17(35-36-37)13-9-15(29)19(31)16(30)10-13)22(39)18(12-38)42-25(23)43-24(20-14(28)3-2-8-34-20)26(40)4-6-27(32,33)7-5-26/h2-3,8-11,18,21-25,38-40H,4-7,12H2,1H3/t18-,21+,22+,23-,24-,25+/m1/s1. The minimum Gasteiger partial charge on any atom is -0.394 e. The monoisotopic (exact) mass is 650 g/mol. The van der Waals surface area contributed by atoms with E-state index in [1.807, 2.05) is 0 Å². The normalized spacial score (nSPS) is 27.6. The first-order valence-electron chi connectivity index (χ1n) is 13.3. The lowest BCUT2D eigenvalue weighted by atomic mass is 9.79. The third-order valence-electron chi connectivity index (χ3n) is 7.83. The lowest BCUT2D eigenvalue weighted by Gasteiger charge is -2.47. The molecule has 1 aliphatic carbocycles. The maximum atomic E-state index is 14.1. The molecule has 0 spiro atoms. The summed E-state index contributed by atoms with van der Waals surface area (Å²) >= 11 is 7.44. The van der Waals surface area contributed by atoms with Gasteiger partial charge in [0.1, 0.15) is 35.5 Å². The molecule has 1 saturated heterocycles. The number of benzene rings is 1. The molecular weight excluding hydrogens is 623 g/mol. The average Bonchev–Trinajstić information content (AvgIpc) is 3.46. The van der Waals surface area contributed by atoms with Crippen LogP contribution in [0.2, 0.25) is 5.02 Å². The fourth-order valence-corrected chi connectivity index (χ4v) is 7.47. The van der Waals surface area contributed by atoms with E-state index < -0.39 is 83.5 Å². The number of pyridine rings is 1. The highest BCUT2D eigenvalue weighted by Gasteiger charge is 2.53. The van der Waals surface area contributed by atoms with E-state index in [0.717, 1.165) is 23.9 Å². The third-order valence-corrected chi connectivity index (χ3v) is 9.73. The van der Waals surface area contributed by atoms with Gasteiger partial charge in [0.15, 0.2) is 17.5 Å². The summed E-state index contributed by atoms with van der Waals surface area (Å²) < 4.78 is 82.4. The SMILES string of the molecule is CO[C@@H]1[C@@H](n2cc(-c3cc(F)c(F)c(F)c3)nn2)[C@@H](O)[C@@H](CO)O[C@H]1S[C@H](c1ncccc1Cl)C1(O)CCC(F)(F)CC1. The summed E-state index contributed by atoms with van der Waals surface area (Å²) in [6.45, 7) is -0.646. The minimum atomic E-state index is -2.94. The Kier molecular flexibility index (Phi) is 9.33. The molecule has 16 heteroatoms. The molecule has 0 amide bonds. The quantitative estimate of drug-likeness (QED) is 0.240. The first-order chi connectivity index (χ1) is 20.4. The number of aliphatic hydroxyl groups excluding tert-OH is 2. The van der Waals surface area contributed by atoms with Gasteiger partial charge in [0, 0.05) is 31.7 Å². The van der Waals surface area contributed by atoms with Crippen LogP contribution < -0.4 is 0 Å². The van der Waals surface area contributed by atoms with Gasteiger partial charge >= 0.3 is 0 Å². The summed E-state index contributed by atoms with van der Waals surface area (Å²) in [6.07, 6.45) is -2.62. The fourth-order valence-electron chi connectivity index (χ4n) is 5.46. The van der Waals surface area contributed by atoms with E-state index in [-0.39, 0.29) is 34.8 Å². The smallest absolute Gasteiger partial charge is 0.248 e. The molecule has 1 saturated carbocycles. The van der Waals surface area contributed by atoms with Gasteiger partial charge in [0.2, 0.25) is 5.92 Å². The van der Waals surface area contributed by atoms with Gasteiger partial charge < -0.3 is 24.8 Å². The lowest BCUT2D eigenvalue weighted by Crippen LogP contribution is -2.56. The summed E-state index contributed by atoms with van der Waals surface area (Å²) in [5.41, 5.74) is -2.68. The molecule has 2 aromatic heterocycles. The highest BCUT2D eigenvalue weighted by atomic mass is 35.5. The number of nitrogens with zero attached hydrogens (tertiary/aromatic N) is 4. The second-order valence-electron chi connectivity index (χ2n) is 10.6. The Morgan fingerprint density at radius 2 is 1.86 bits per heavy atom. The number of aliphatic hydroxyl groups is 3. The molecular formula is C27H28ClF5N4O5S. The first kappa shape index (κ1) is 32.0. The molecule has 2 aliphatic rings. The zero-order valence-corrected chi connectivity index (χ0v) is 24.2. The molecule has 6 atom stereocenters. The summed E-state index contributed by atoms with van der Waals surface area (Å²) in [7, 11) is 1.32. The molecule has 3 heterocycles. The Morgan fingerprint density at radius 3 is 2.47 bits per heavy atom. The van der Waals surface area contributed by atoms with Crippen LogP contribution in [0, 0.1) is 17.5 Å². The third kappa shape index (κ3) is 6.39. The predicted octanol–water partition coefficient (Wildman–Crippen LogP) is 4.46. The molecule has 1 aromatic carbocycles. The van der Waals surface area contributed by atoms with Crippen molar-refractivity contribution in [3.8, 4) is 11.3 Å². The van der Waals surface area contributed by atoms with E-state index in [0.29, 0.717) is 0 Å². The zero-order chi connectivity index (χ0) is 31.1. The summed E-state index contributed by atoms with van der Waals surface area (Å²) in [4.78, 5) is 4.33. The van der Waals surface area contributed by atoms with E-state index in [2.05, 4.69) is 15.3 Å². The van der Waals surface area contributed by atoms with Crippen LogP contribution in [0.3, 0.4) is 0 Å². The number of aromatic nitrogens is 4. The zero-order valence-electron chi connectivity index (χ0n) is 22.6.